The van der Waals surface area contributed by atoms with Crippen molar-refractivity contribution in [2.45, 2.75) is 31.6 Å². The zero-order chi connectivity index (χ0) is 22.8. The van der Waals surface area contributed by atoms with Crippen molar-refractivity contribution in [2.75, 3.05) is 13.1 Å². The Labute approximate surface area is 191 Å². The van der Waals surface area contributed by atoms with Gasteiger partial charge in [-0.15, -0.1) is 0 Å². The number of benzene rings is 2. The number of β-amino-alcohol motifs (C(OH)–C–C–N with tert-alkyl or cyclic N) is 1. The molecule has 1 aliphatic heterocycles. The molecule has 1 saturated heterocycles. The average molecular weight is 456 g/mol. The summed E-state index contributed by atoms with van der Waals surface area (Å²) in [5.41, 5.74) is 1.95. The minimum Gasteiger partial charge on any atom is -0.391 e. The van der Waals surface area contributed by atoms with Gasteiger partial charge in [-0.3, -0.25) is 9.59 Å². The summed E-state index contributed by atoms with van der Waals surface area (Å²) in [6.07, 6.45) is -1.79. The first-order valence-corrected chi connectivity index (χ1v) is 11.0. The number of nitrogens with one attached hydrogen (secondary N) is 2. The van der Waals surface area contributed by atoms with Crippen LogP contribution in [0.5, 0.6) is 0 Å². The first-order chi connectivity index (χ1) is 15.3. The number of carbonyl (C=O) groups is 2. The minimum absolute atomic E-state index is 0.0634. The zero-order valence-corrected chi connectivity index (χ0v) is 18.4. The van der Waals surface area contributed by atoms with Gasteiger partial charge < -0.3 is 25.4 Å². The van der Waals surface area contributed by atoms with Crippen LogP contribution in [0.3, 0.4) is 0 Å². The molecule has 4 N–H and O–H groups in total. The summed E-state index contributed by atoms with van der Waals surface area (Å²) < 4.78 is 0. The molecule has 8 heteroatoms. The van der Waals surface area contributed by atoms with Crippen molar-refractivity contribution in [3.8, 4) is 0 Å². The maximum absolute atomic E-state index is 13.0. The molecule has 0 aliphatic carbocycles. The van der Waals surface area contributed by atoms with Gasteiger partial charge in [-0.1, -0.05) is 48.9 Å². The Morgan fingerprint density at radius 2 is 1.94 bits per heavy atom. The Kier molecular flexibility index (Phi) is 6.50. The minimum atomic E-state index is -1.45. The first kappa shape index (κ1) is 22.3. The van der Waals surface area contributed by atoms with Crippen LogP contribution in [0.15, 0.2) is 54.6 Å². The number of fused-ring (bicyclic) bond motifs is 1. The van der Waals surface area contributed by atoms with Crippen LogP contribution in [-0.4, -0.2) is 63.3 Å². The fourth-order valence-electron chi connectivity index (χ4n) is 4.07. The number of H-pyrrole nitrogens is 1. The van der Waals surface area contributed by atoms with Gasteiger partial charge in [-0.2, -0.15) is 0 Å². The van der Waals surface area contributed by atoms with Gasteiger partial charge in [0, 0.05) is 34.9 Å². The summed E-state index contributed by atoms with van der Waals surface area (Å²) in [5, 5.41) is 25.1. The van der Waals surface area contributed by atoms with Crippen LogP contribution < -0.4 is 5.32 Å². The molecule has 1 aromatic heterocycles. The topological polar surface area (TPSA) is 106 Å². The molecule has 0 spiro atoms. The van der Waals surface area contributed by atoms with Crippen LogP contribution in [-0.2, 0) is 11.2 Å². The van der Waals surface area contributed by atoms with E-state index in [1.807, 2.05) is 37.3 Å². The van der Waals surface area contributed by atoms with E-state index in [1.165, 1.54) is 4.90 Å². The maximum Gasteiger partial charge on any atom is 0.268 e. The molecule has 0 radical (unpaired) electrons. The molecule has 32 heavy (non-hydrogen) atoms. The molecule has 0 saturated carbocycles. The Balaban J connectivity index is 1.55. The van der Waals surface area contributed by atoms with E-state index in [0.29, 0.717) is 17.3 Å². The smallest absolute Gasteiger partial charge is 0.268 e. The normalized spacial score (nSPS) is 20.3. The second-order valence-corrected chi connectivity index (χ2v) is 8.85. The Hall–Kier alpha value is -2.87. The van der Waals surface area contributed by atoms with Crippen molar-refractivity contribution in [2.24, 2.45) is 5.92 Å². The van der Waals surface area contributed by atoms with E-state index in [2.05, 4.69) is 10.3 Å². The molecule has 2 heterocycles. The third-order valence-electron chi connectivity index (χ3n) is 5.96. The molecular weight excluding hydrogens is 430 g/mol. The van der Waals surface area contributed by atoms with E-state index in [0.717, 1.165) is 16.5 Å². The van der Waals surface area contributed by atoms with Gasteiger partial charge in [0.1, 0.15) is 5.69 Å². The van der Waals surface area contributed by atoms with E-state index >= 15 is 0 Å². The van der Waals surface area contributed by atoms with Gasteiger partial charge in [0.25, 0.3) is 11.8 Å². The predicted octanol–water partition coefficient (Wildman–Crippen LogP) is 2.36. The average Bonchev–Trinajstić information content (AvgIpc) is 3.35. The van der Waals surface area contributed by atoms with Gasteiger partial charge in [-0.05, 0) is 36.2 Å². The molecular formula is C24H26ClN3O4. The lowest BCUT2D eigenvalue weighted by molar-refractivity contribution is -0.140. The summed E-state index contributed by atoms with van der Waals surface area (Å²) in [6.45, 7) is 2.40. The third-order valence-corrected chi connectivity index (χ3v) is 6.20. The van der Waals surface area contributed by atoms with Gasteiger partial charge >= 0.3 is 0 Å². The summed E-state index contributed by atoms with van der Waals surface area (Å²) in [4.78, 5) is 30.5. The number of aliphatic hydroxyl groups excluding tert-OH is 2. The Morgan fingerprint density at radius 1 is 1.19 bits per heavy atom. The molecule has 4 atom stereocenters. The monoisotopic (exact) mass is 455 g/mol. The molecule has 2 aromatic carbocycles. The molecule has 1 fully saturated rings. The van der Waals surface area contributed by atoms with Crippen LogP contribution in [0, 0.1) is 5.92 Å². The second kappa shape index (κ2) is 9.32. The number of nitrogens with zero attached hydrogens (tertiary/aromatic N) is 1. The van der Waals surface area contributed by atoms with E-state index < -0.39 is 30.1 Å². The molecule has 7 nitrogen and oxygen atoms in total. The highest BCUT2D eigenvalue weighted by Crippen LogP contribution is 2.21. The van der Waals surface area contributed by atoms with Crippen LogP contribution in [0.2, 0.25) is 5.02 Å². The van der Waals surface area contributed by atoms with Gasteiger partial charge in [0.05, 0.1) is 12.1 Å². The Bertz CT molecular complexity index is 1110. The molecule has 0 bridgehead atoms. The standard InChI is InChI=1S/C24H26ClN3O4/c1-14-12-28(13-21(14)29)24(32)22(30)19(9-15-5-3-2-4-6-15)27-23(31)20-11-16-10-17(25)7-8-18(16)26-20/h2-8,10-11,14,19,21-22,26,29-30H,9,12-13H2,1H3,(H,27,31)/t14-,19-,21+,22+/m0/s1. The number of likely N-dealkylation sites (tertiary alicyclic amines) is 1. The van der Waals surface area contributed by atoms with Gasteiger partial charge in [0.2, 0.25) is 0 Å². The van der Waals surface area contributed by atoms with Crippen molar-refractivity contribution >= 4 is 34.3 Å². The SMILES string of the molecule is C[C@H]1CN(C(=O)[C@H](O)[C@H](Cc2ccccc2)NC(=O)c2cc3cc(Cl)ccc3[nH]2)C[C@H]1O. The number of aromatic amines is 1. The maximum atomic E-state index is 13.0. The van der Waals surface area contributed by atoms with E-state index in [1.54, 1.807) is 24.3 Å². The fraction of sp³-hybridized carbons (Fsp3) is 0.333. The second-order valence-electron chi connectivity index (χ2n) is 8.42. The molecule has 1 aliphatic rings. The summed E-state index contributed by atoms with van der Waals surface area (Å²) in [5.74, 6) is -0.996. The molecule has 2 amide bonds. The highest BCUT2D eigenvalue weighted by Gasteiger charge is 2.37. The highest BCUT2D eigenvalue weighted by atomic mass is 35.5. The third kappa shape index (κ3) is 4.80. The molecule has 168 valence electrons. The number of amides is 2. The lowest BCUT2D eigenvalue weighted by Gasteiger charge is -2.27. The van der Waals surface area contributed by atoms with Gasteiger partial charge in [-0.25, -0.2) is 0 Å². The van der Waals surface area contributed by atoms with Crippen LogP contribution in [0.4, 0.5) is 0 Å². The highest BCUT2D eigenvalue weighted by molar-refractivity contribution is 6.31. The lowest BCUT2D eigenvalue weighted by Crippen LogP contribution is -2.52. The van der Waals surface area contributed by atoms with E-state index in [4.69, 9.17) is 11.6 Å². The number of carbonyl (C=O) groups excluding carboxylic acids is 2. The van der Waals surface area contributed by atoms with Gasteiger partial charge in [0.15, 0.2) is 6.10 Å². The number of halogens is 1. The summed E-state index contributed by atoms with van der Waals surface area (Å²) in [7, 11) is 0. The van der Waals surface area contributed by atoms with Crippen LogP contribution in [0.25, 0.3) is 10.9 Å². The molecule has 0 unspecified atom stereocenters. The number of aliphatic hydroxyl groups is 2. The largest absolute Gasteiger partial charge is 0.391 e. The lowest BCUT2D eigenvalue weighted by atomic mass is 10.00. The first-order valence-electron chi connectivity index (χ1n) is 10.6. The Morgan fingerprint density at radius 3 is 2.62 bits per heavy atom. The van der Waals surface area contributed by atoms with Crippen LogP contribution >= 0.6 is 11.6 Å². The van der Waals surface area contributed by atoms with E-state index in [-0.39, 0.29) is 18.9 Å². The zero-order valence-electron chi connectivity index (χ0n) is 17.7. The summed E-state index contributed by atoms with van der Waals surface area (Å²) >= 11 is 6.03. The van der Waals surface area contributed by atoms with Crippen molar-refractivity contribution in [1.82, 2.24) is 15.2 Å². The molecule has 3 aromatic rings. The molecule has 4 rings (SSSR count). The number of hydrogen-bond donors (Lipinski definition) is 4. The van der Waals surface area contributed by atoms with Crippen molar-refractivity contribution in [1.29, 1.82) is 0 Å². The van der Waals surface area contributed by atoms with Crippen molar-refractivity contribution in [3.63, 3.8) is 0 Å². The van der Waals surface area contributed by atoms with Crippen molar-refractivity contribution in [3.05, 3.63) is 70.9 Å². The van der Waals surface area contributed by atoms with E-state index in [9.17, 15) is 19.8 Å². The number of hydrogen-bond acceptors (Lipinski definition) is 4. The van der Waals surface area contributed by atoms with Crippen molar-refractivity contribution < 1.29 is 19.8 Å². The van der Waals surface area contributed by atoms with Crippen LogP contribution in [0.1, 0.15) is 23.0 Å². The fourth-order valence-corrected chi connectivity index (χ4v) is 4.25. The number of aromatic nitrogens is 1. The number of rotatable bonds is 6. The predicted molar refractivity (Wildman–Crippen MR) is 122 cm³/mol. The quantitative estimate of drug-likeness (QED) is 0.458. The summed E-state index contributed by atoms with van der Waals surface area (Å²) in [6, 6.07) is 15.5.